The van der Waals surface area contributed by atoms with Gasteiger partial charge in [0.1, 0.15) is 11.5 Å². The first kappa shape index (κ1) is 14.7. The third-order valence-corrected chi connectivity index (χ3v) is 4.16. The lowest BCUT2D eigenvalue weighted by atomic mass is 10.1. The van der Waals surface area contributed by atoms with Crippen molar-refractivity contribution >= 4 is 15.6 Å². The quantitative estimate of drug-likeness (QED) is 0.712. The van der Waals surface area contributed by atoms with Crippen molar-refractivity contribution < 1.29 is 17.9 Å². The first-order chi connectivity index (χ1) is 8.48. The van der Waals surface area contributed by atoms with E-state index in [1.54, 1.807) is 24.3 Å². The van der Waals surface area contributed by atoms with E-state index in [4.69, 9.17) is 4.74 Å². The van der Waals surface area contributed by atoms with Gasteiger partial charge in [-0.1, -0.05) is 25.5 Å². The van der Waals surface area contributed by atoms with E-state index in [9.17, 15) is 13.2 Å². The number of carbonyl (C=O) groups is 1. The maximum atomic E-state index is 11.9. The lowest BCUT2D eigenvalue weighted by Gasteiger charge is -2.05. The highest BCUT2D eigenvalue weighted by atomic mass is 32.2. The Morgan fingerprint density at radius 1 is 1.33 bits per heavy atom. The standard InChI is InChI=1S/C13H18O4S/c1-3-4-8-18(15,16)10-13(14)11-6-5-7-12(9-11)17-2/h5-7,9H,3-4,8,10H2,1-2H3. The van der Waals surface area contributed by atoms with Crippen molar-refractivity contribution in [1.29, 1.82) is 0 Å². The Kier molecular flexibility index (Phi) is 5.34. The van der Waals surface area contributed by atoms with Crippen LogP contribution in [-0.2, 0) is 9.84 Å². The molecule has 1 aromatic rings. The Bertz CT molecular complexity index is 505. The summed E-state index contributed by atoms with van der Waals surface area (Å²) in [5.74, 6) is -0.198. The second-order valence-corrected chi connectivity index (χ2v) is 6.28. The third kappa shape index (κ3) is 4.49. The van der Waals surface area contributed by atoms with Crippen molar-refractivity contribution in [2.45, 2.75) is 19.8 Å². The molecular formula is C13H18O4S. The number of Topliss-reactive ketones (excluding diaryl/α,β-unsaturated/α-hetero) is 1. The number of rotatable bonds is 7. The fourth-order valence-electron chi connectivity index (χ4n) is 1.52. The van der Waals surface area contributed by atoms with Crippen molar-refractivity contribution in [1.82, 2.24) is 0 Å². The monoisotopic (exact) mass is 270 g/mol. The summed E-state index contributed by atoms with van der Waals surface area (Å²) in [6.45, 7) is 1.92. The van der Waals surface area contributed by atoms with Crippen LogP contribution in [0.3, 0.4) is 0 Å². The average molecular weight is 270 g/mol. The molecule has 0 aliphatic rings. The van der Waals surface area contributed by atoms with Crippen molar-refractivity contribution in [2.75, 3.05) is 18.6 Å². The number of ketones is 1. The molecule has 18 heavy (non-hydrogen) atoms. The molecule has 100 valence electrons. The Labute approximate surface area is 108 Å². The molecule has 0 heterocycles. The van der Waals surface area contributed by atoms with E-state index in [1.165, 1.54) is 7.11 Å². The van der Waals surface area contributed by atoms with Gasteiger partial charge < -0.3 is 4.74 Å². The van der Waals surface area contributed by atoms with E-state index in [1.807, 2.05) is 6.92 Å². The van der Waals surface area contributed by atoms with Gasteiger partial charge in [0.15, 0.2) is 15.6 Å². The van der Waals surface area contributed by atoms with Crippen molar-refractivity contribution in [3.05, 3.63) is 29.8 Å². The van der Waals surface area contributed by atoms with Gasteiger partial charge in [0.2, 0.25) is 0 Å². The van der Waals surface area contributed by atoms with Crippen LogP contribution in [0, 0.1) is 0 Å². The van der Waals surface area contributed by atoms with Gasteiger partial charge in [0.05, 0.1) is 12.9 Å². The van der Waals surface area contributed by atoms with Crippen LogP contribution in [-0.4, -0.2) is 32.8 Å². The van der Waals surface area contributed by atoms with Crippen molar-refractivity contribution in [2.24, 2.45) is 0 Å². The first-order valence-corrected chi connectivity index (χ1v) is 7.68. The van der Waals surface area contributed by atoms with Crippen LogP contribution in [0.4, 0.5) is 0 Å². The van der Waals surface area contributed by atoms with Crippen LogP contribution in [0.2, 0.25) is 0 Å². The molecule has 0 amide bonds. The summed E-state index contributed by atoms with van der Waals surface area (Å²) in [4.78, 5) is 11.9. The summed E-state index contributed by atoms with van der Waals surface area (Å²) in [6.07, 6.45) is 1.39. The van der Waals surface area contributed by atoms with E-state index in [0.717, 1.165) is 6.42 Å². The molecule has 0 atom stereocenters. The lowest BCUT2D eigenvalue weighted by Crippen LogP contribution is -2.19. The van der Waals surface area contributed by atoms with Gasteiger partial charge in [-0.2, -0.15) is 0 Å². The van der Waals surface area contributed by atoms with Crippen LogP contribution >= 0.6 is 0 Å². The predicted octanol–water partition coefficient (Wildman–Crippen LogP) is 2.09. The van der Waals surface area contributed by atoms with E-state index >= 15 is 0 Å². The van der Waals surface area contributed by atoms with Crippen molar-refractivity contribution in [3.8, 4) is 5.75 Å². The smallest absolute Gasteiger partial charge is 0.178 e. The molecule has 1 aromatic carbocycles. The Balaban J connectivity index is 2.76. The largest absolute Gasteiger partial charge is 0.497 e. The molecule has 0 saturated carbocycles. The zero-order valence-corrected chi connectivity index (χ0v) is 11.5. The summed E-state index contributed by atoms with van der Waals surface area (Å²) < 4.78 is 28.3. The van der Waals surface area contributed by atoms with Crippen LogP contribution in [0.1, 0.15) is 30.1 Å². The Hall–Kier alpha value is -1.36. The van der Waals surface area contributed by atoms with E-state index in [0.29, 0.717) is 17.7 Å². The normalized spacial score (nSPS) is 11.2. The number of methoxy groups -OCH3 is 1. The van der Waals surface area contributed by atoms with E-state index < -0.39 is 15.6 Å². The van der Waals surface area contributed by atoms with Crippen molar-refractivity contribution in [3.63, 3.8) is 0 Å². The zero-order valence-electron chi connectivity index (χ0n) is 10.7. The number of hydrogen-bond donors (Lipinski definition) is 0. The number of carbonyl (C=O) groups excluding carboxylic acids is 1. The fraction of sp³-hybridized carbons (Fsp3) is 0.462. The van der Waals surface area contributed by atoms with E-state index in [2.05, 4.69) is 0 Å². The molecule has 0 unspecified atom stereocenters. The topological polar surface area (TPSA) is 60.4 Å². The molecule has 0 N–H and O–H groups in total. The summed E-state index contributed by atoms with van der Waals surface area (Å²) in [5, 5.41) is 0. The molecule has 0 spiro atoms. The van der Waals surface area contributed by atoms with Gasteiger partial charge in [-0.3, -0.25) is 4.79 Å². The molecule has 0 aliphatic carbocycles. The fourth-order valence-corrected chi connectivity index (χ4v) is 2.95. The second kappa shape index (κ2) is 6.54. The molecule has 0 saturated heterocycles. The number of hydrogen-bond acceptors (Lipinski definition) is 4. The predicted molar refractivity (Wildman–Crippen MR) is 70.9 cm³/mol. The maximum Gasteiger partial charge on any atom is 0.178 e. The summed E-state index contributed by atoms with van der Waals surface area (Å²) in [5.41, 5.74) is 0.370. The second-order valence-electron chi connectivity index (χ2n) is 4.10. The number of unbranched alkanes of at least 4 members (excludes halogenated alkanes) is 1. The average Bonchev–Trinajstić information content (AvgIpc) is 2.36. The van der Waals surface area contributed by atoms with Gasteiger partial charge in [0, 0.05) is 5.56 Å². The van der Waals surface area contributed by atoms with Gasteiger partial charge >= 0.3 is 0 Å². The molecule has 0 aromatic heterocycles. The molecule has 0 fully saturated rings. The highest BCUT2D eigenvalue weighted by molar-refractivity contribution is 7.92. The lowest BCUT2D eigenvalue weighted by molar-refractivity contribution is 0.102. The molecule has 0 bridgehead atoms. The number of ether oxygens (including phenoxy) is 1. The summed E-state index contributed by atoms with van der Waals surface area (Å²) in [6, 6.07) is 6.53. The Morgan fingerprint density at radius 3 is 2.67 bits per heavy atom. The van der Waals surface area contributed by atoms with Gasteiger partial charge in [-0.05, 0) is 18.6 Å². The summed E-state index contributed by atoms with van der Waals surface area (Å²) >= 11 is 0. The van der Waals surface area contributed by atoms with Crippen LogP contribution in [0.15, 0.2) is 24.3 Å². The highest BCUT2D eigenvalue weighted by Crippen LogP contribution is 2.14. The van der Waals surface area contributed by atoms with Gasteiger partial charge in [-0.15, -0.1) is 0 Å². The number of benzene rings is 1. The van der Waals surface area contributed by atoms with Gasteiger partial charge in [0.25, 0.3) is 0 Å². The summed E-state index contributed by atoms with van der Waals surface area (Å²) in [7, 11) is -1.80. The van der Waals surface area contributed by atoms with Crippen LogP contribution in [0.25, 0.3) is 0 Å². The van der Waals surface area contributed by atoms with Crippen LogP contribution < -0.4 is 4.74 Å². The molecule has 5 heteroatoms. The minimum Gasteiger partial charge on any atom is -0.497 e. The zero-order chi connectivity index (χ0) is 13.6. The SMILES string of the molecule is CCCCS(=O)(=O)CC(=O)c1cccc(OC)c1. The number of sulfone groups is 1. The van der Waals surface area contributed by atoms with E-state index in [-0.39, 0.29) is 11.5 Å². The van der Waals surface area contributed by atoms with Crippen LogP contribution in [0.5, 0.6) is 5.75 Å². The molecular weight excluding hydrogens is 252 g/mol. The third-order valence-electron chi connectivity index (χ3n) is 2.55. The molecule has 1 rings (SSSR count). The van der Waals surface area contributed by atoms with Gasteiger partial charge in [-0.25, -0.2) is 8.42 Å². The minimum atomic E-state index is -3.30. The maximum absolute atomic E-state index is 11.9. The minimum absolute atomic E-state index is 0.0687. The Morgan fingerprint density at radius 2 is 2.06 bits per heavy atom. The molecule has 0 radical (unpaired) electrons. The molecule has 0 aliphatic heterocycles. The highest BCUT2D eigenvalue weighted by Gasteiger charge is 2.17. The molecule has 4 nitrogen and oxygen atoms in total. The first-order valence-electron chi connectivity index (χ1n) is 5.86.